The molecule has 2 heterocycles. The van der Waals surface area contributed by atoms with Gasteiger partial charge in [0.25, 0.3) is 0 Å². The molecule has 0 aliphatic carbocycles. The molecule has 0 radical (unpaired) electrons. The molecule has 0 spiro atoms. The summed E-state index contributed by atoms with van der Waals surface area (Å²) in [5.74, 6) is -0.0691. The molecule has 0 atom stereocenters. The van der Waals surface area contributed by atoms with E-state index in [9.17, 15) is 14.3 Å². The number of hydrogen-bond acceptors (Lipinski definition) is 5. The first kappa shape index (κ1) is 26.7. The van der Waals surface area contributed by atoms with Crippen LogP contribution in [0.25, 0.3) is 32.8 Å². The molecule has 202 valence electrons. The number of nitrogens with zero attached hydrogens (tertiary/aromatic N) is 3. The molecule has 5 aromatic rings. The largest absolute Gasteiger partial charge is 0.493 e. The molecule has 5 rings (SSSR count). The van der Waals surface area contributed by atoms with E-state index in [1.54, 1.807) is 22.9 Å². The predicted molar refractivity (Wildman–Crippen MR) is 150 cm³/mol. The topological polar surface area (TPSA) is 78.5 Å². The van der Waals surface area contributed by atoms with Crippen LogP contribution in [0, 0.1) is 19.7 Å². The highest BCUT2D eigenvalue weighted by Gasteiger charge is 2.24. The van der Waals surface area contributed by atoms with Gasteiger partial charge < -0.3 is 19.1 Å². The molecule has 0 aliphatic rings. The number of methoxy groups -OCH3 is 1. The zero-order valence-corrected chi connectivity index (χ0v) is 23.0. The van der Waals surface area contributed by atoms with Gasteiger partial charge in [-0.3, -0.25) is 4.68 Å². The minimum absolute atomic E-state index is 0.244. The summed E-state index contributed by atoms with van der Waals surface area (Å²) < 4.78 is 28.6. The predicted octanol–water partition coefficient (Wildman–Crippen LogP) is 6.35. The Morgan fingerprint density at radius 2 is 1.87 bits per heavy atom. The van der Waals surface area contributed by atoms with Crippen molar-refractivity contribution in [1.29, 1.82) is 0 Å². The van der Waals surface area contributed by atoms with E-state index in [1.807, 2.05) is 43.7 Å². The van der Waals surface area contributed by atoms with Crippen molar-refractivity contribution in [3.63, 3.8) is 0 Å². The second kappa shape index (κ2) is 10.7. The Balaban J connectivity index is 1.49. The van der Waals surface area contributed by atoms with Crippen molar-refractivity contribution in [2.45, 2.75) is 33.4 Å². The van der Waals surface area contributed by atoms with Gasteiger partial charge in [-0.05, 0) is 73.7 Å². The molecule has 2 aromatic heterocycles. The van der Waals surface area contributed by atoms with E-state index < -0.39 is 5.97 Å². The lowest BCUT2D eigenvalue weighted by molar-refractivity contribution is 0.0588. The number of rotatable bonds is 8. The monoisotopic (exact) mass is 549 g/mol. The van der Waals surface area contributed by atoms with Crippen LogP contribution in [-0.4, -0.2) is 39.1 Å². The number of carbonyl (C=O) groups is 1. The molecular formula is C30H29ClFN3O4. The lowest BCUT2D eigenvalue weighted by Crippen LogP contribution is -2.12. The number of fused-ring (bicyclic) bond motifs is 2. The van der Waals surface area contributed by atoms with Gasteiger partial charge in [-0.1, -0.05) is 17.7 Å². The Morgan fingerprint density at radius 3 is 2.62 bits per heavy atom. The first-order valence-electron chi connectivity index (χ1n) is 12.6. The molecule has 3 aromatic carbocycles. The van der Waals surface area contributed by atoms with E-state index in [-0.39, 0.29) is 12.4 Å². The molecular weight excluding hydrogens is 521 g/mol. The van der Waals surface area contributed by atoms with Gasteiger partial charge in [0.2, 0.25) is 0 Å². The summed E-state index contributed by atoms with van der Waals surface area (Å²) in [5.41, 5.74) is 4.98. The summed E-state index contributed by atoms with van der Waals surface area (Å²) in [6, 6.07) is 14.0. The van der Waals surface area contributed by atoms with Crippen LogP contribution < -0.4 is 4.74 Å². The van der Waals surface area contributed by atoms with Crippen LogP contribution in [0.15, 0.2) is 48.5 Å². The third kappa shape index (κ3) is 4.86. The fraction of sp³-hybridized carbons (Fsp3) is 0.267. The maximum absolute atomic E-state index is 13.7. The molecule has 39 heavy (non-hydrogen) atoms. The number of esters is 1. The van der Waals surface area contributed by atoms with E-state index in [1.165, 1.54) is 19.2 Å². The average Bonchev–Trinajstić information content (AvgIpc) is 3.42. The quantitative estimate of drug-likeness (QED) is 0.180. The third-order valence-corrected chi connectivity index (χ3v) is 7.35. The van der Waals surface area contributed by atoms with Crippen molar-refractivity contribution in [2.24, 2.45) is 7.05 Å². The summed E-state index contributed by atoms with van der Waals surface area (Å²) in [6.45, 7) is 4.47. The summed E-state index contributed by atoms with van der Waals surface area (Å²) in [5, 5.41) is 17.3. The maximum Gasteiger partial charge on any atom is 0.354 e. The van der Waals surface area contributed by atoms with E-state index >= 15 is 0 Å². The van der Waals surface area contributed by atoms with Crippen LogP contribution in [0.3, 0.4) is 0 Å². The summed E-state index contributed by atoms with van der Waals surface area (Å²) in [6.07, 6.45) is 0.593. The van der Waals surface area contributed by atoms with Crippen molar-refractivity contribution in [3.8, 4) is 16.9 Å². The van der Waals surface area contributed by atoms with Crippen molar-refractivity contribution >= 4 is 39.2 Å². The standard InChI is InChI=1S/C30H29ClFN3O4/c1-17-12-19-14-20(32)6-7-21(19)27(13-17)39-11-5-10-35-25-9-8-23(31)29(22(25)15-26(35)30(37)38-4)28-18(2)34(3)33-24(28)16-36/h6-9,12-15,36H,5,10-11,16H2,1-4H3. The van der Waals surface area contributed by atoms with Gasteiger partial charge in [-0.2, -0.15) is 5.10 Å². The summed E-state index contributed by atoms with van der Waals surface area (Å²) in [4.78, 5) is 12.8. The smallest absolute Gasteiger partial charge is 0.354 e. The molecule has 7 nitrogen and oxygen atoms in total. The number of ether oxygens (including phenoxy) is 2. The molecule has 9 heteroatoms. The van der Waals surface area contributed by atoms with Gasteiger partial charge in [0.15, 0.2) is 0 Å². The fourth-order valence-electron chi connectivity index (χ4n) is 5.16. The zero-order valence-electron chi connectivity index (χ0n) is 22.2. The average molecular weight is 550 g/mol. The van der Waals surface area contributed by atoms with Gasteiger partial charge in [0.05, 0.1) is 26.0 Å². The molecule has 0 saturated carbocycles. The lowest BCUT2D eigenvalue weighted by atomic mass is 9.99. The van der Waals surface area contributed by atoms with Crippen LogP contribution in [0.2, 0.25) is 5.02 Å². The number of aryl methyl sites for hydroxylation is 3. The Bertz CT molecular complexity index is 1720. The van der Waals surface area contributed by atoms with E-state index in [0.29, 0.717) is 47.3 Å². The van der Waals surface area contributed by atoms with E-state index in [4.69, 9.17) is 21.1 Å². The molecule has 0 amide bonds. The minimum Gasteiger partial charge on any atom is -0.493 e. The molecule has 1 N–H and O–H groups in total. The fourth-order valence-corrected chi connectivity index (χ4v) is 5.42. The molecule has 0 unspecified atom stereocenters. The number of halogens is 2. The number of aliphatic hydroxyl groups excluding tert-OH is 1. The van der Waals surface area contributed by atoms with Crippen molar-refractivity contribution in [1.82, 2.24) is 14.3 Å². The third-order valence-electron chi connectivity index (χ3n) is 7.04. The van der Waals surface area contributed by atoms with Gasteiger partial charge >= 0.3 is 5.97 Å². The number of aliphatic hydroxyl groups is 1. The molecule has 0 fully saturated rings. The molecule has 0 saturated heterocycles. The highest BCUT2D eigenvalue weighted by Crippen LogP contribution is 2.40. The number of hydrogen-bond donors (Lipinski definition) is 1. The number of aromatic nitrogens is 3. The second-order valence-corrected chi connectivity index (χ2v) is 9.95. The van der Waals surface area contributed by atoms with Crippen LogP contribution in [0.1, 0.15) is 33.9 Å². The van der Waals surface area contributed by atoms with E-state index in [0.717, 1.165) is 38.5 Å². The Kier molecular flexibility index (Phi) is 7.34. The highest BCUT2D eigenvalue weighted by molar-refractivity contribution is 6.35. The van der Waals surface area contributed by atoms with Crippen LogP contribution in [0.4, 0.5) is 4.39 Å². The zero-order chi connectivity index (χ0) is 27.8. The van der Waals surface area contributed by atoms with Gasteiger partial charge in [0, 0.05) is 51.7 Å². The SMILES string of the molecule is COC(=O)c1cc2c(-c3c(CO)nn(C)c3C)c(Cl)ccc2n1CCCOc1cc(C)cc2cc(F)ccc12. The summed E-state index contributed by atoms with van der Waals surface area (Å²) >= 11 is 6.70. The first-order chi connectivity index (χ1) is 18.7. The Morgan fingerprint density at radius 1 is 1.08 bits per heavy atom. The van der Waals surface area contributed by atoms with Gasteiger partial charge in [0.1, 0.15) is 17.3 Å². The first-order valence-corrected chi connectivity index (χ1v) is 13.0. The van der Waals surface area contributed by atoms with E-state index in [2.05, 4.69) is 5.10 Å². The minimum atomic E-state index is -0.466. The molecule has 0 bridgehead atoms. The lowest BCUT2D eigenvalue weighted by Gasteiger charge is -2.13. The number of benzene rings is 3. The summed E-state index contributed by atoms with van der Waals surface area (Å²) in [7, 11) is 3.16. The van der Waals surface area contributed by atoms with Gasteiger partial charge in [-0.25, -0.2) is 9.18 Å². The van der Waals surface area contributed by atoms with Crippen molar-refractivity contribution in [2.75, 3.05) is 13.7 Å². The van der Waals surface area contributed by atoms with Crippen LogP contribution >= 0.6 is 11.6 Å². The highest BCUT2D eigenvalue weighted by atomic mass is 35.5. The Labute approximate surface area is 230 Å². The second-order valence-electron chi connectivity index (χ2n) is 9.55. The van der Waals surface area contributed by atoms with Gasteiger partial charge in [-0.15, -0.1) is 0 Å². The normalized spacial score (nSPS) is 11.5. The number of carbonyl (C=O) groups excluding carboxylic acids is 1. The molecule has 0 aliphatic heterocycles. The Hall–Kier alpha value is -3.88. The van der Waals surface area contributed by atoms with Crippen LogP contribution in [0.5, 0.6) is 5.75 Å². The van der Waals surface area contributed by atoms with Crippen molar-refractivity contribution < 1.29 is 23.8 Å². The van der Waals surface area contributed by atoms with Crippen molar-refractivity contribution in [3.05, 3.63) is 82.0 Å². The maximum atomic E-state index is 13.7. The van der Waals surface area contributed by atoms with Crippen LogP contribution in [-0.2, 0) is 24.9 Å².